The molecule has 6 heteroatoms. The maximum atomic E-state index is 12.4. The molecule has 0 fully saturated rings. The van der Waals surface area contributed by atoms with E-state index in [9.17, 15) is 13.6 Å². The number of halogens is 3. The fourth-order valence-corrected chi connectivity index (χ4v) is 1.44. The van der Waals surface area contributed by atoms with Gasteiger partial charge in [-0.25, -0.2) is 8.78 Å². The number of hydrogen-bond acceptors (Lipinski definition) is 2. The quantitative estimate of drug-likeness (QED) is 0.830. The summed E-state index contributed by atoms with van der Waals surface area (Å²) in [4.78, 5) is 13.0. The van der Waals surface area contributed by atoms with E-state index >= 15 is 0 Å². The number of aromatic amines is 1. The van der Waals surface area contributed by atoms with Crippen molar-refractivity contribution in [3.05, 3.63) is 33.2 Å². The summed E-state index contributed by atoms with van der Waals surface area (Å²) in [5.41, 5.74) is -1.17. The number of nitrogens with one attached hydrogen (secondary N) is 1. The van der Waals surface area contributed by atoms with Gasteiger partial charge < -0.3 is 4.98 Å². The van der Waals surface area contributed by atoms with Crippen LogP contribution in [0.25, 0.3) is 0 Å². The monoisotopic (exact) mass is 262 g/mol. The van der Waals surface area contributed by atoms with Crippen LogP contribution in [0.4, 0.5) is 8.78 Å². The molecule has 0 aliphatic heterocycles. The van der Waals surface area contributed by atoms with Gasteiger partial charge in [0.1, 0.15) is 11.6 Å². The zero-order valence-electron chi connectivity index (χ0n) is 6.85. The molecule has 0 saturated heterocycles. The number of rotatable bonds is 2. The first-order valence-corrected chi connectivity index (χ1v) is 4.72. The Morgan fingerprint density at radius 2 is 2.29 bits per heavy atom. The first-order valence-electron chi connectivity index (χ1n) is 3.60. The standard InChI is InChI=1S/C8H5BrF2N2O/c9-2-4-1-5(3-12)8(14)13-6(4)7(10)11/h1,7H,2H2,(H,13,14). The molecule has 1 aromatic heterocycles. The molecule has 0 unspecified atom stereocenters. The van der Waals surface area contributed by atoms with Gasteiger partial charge in [0.15, 0.2) is 0 Å². The van der Waals surface area contributed by atoms with Crippen LogP contribution in [-0.4, -0.2) is 4.98 Å². The molecule has 0 bridgehead atoms. The highest BCUT2D eigenvalue weighted by atomic mass is 79.9. The maximum absolute atomic E-state index is 12.4. The smallest absolute Gasteiger partial charge is 0.278 e. The second-order valence-electron chi connectivity index (χ2n) is 2.50. The SMILES string of the molecule is N#Cc1cc(CBr)c(C(F)F)[nH]c1=O. The van der Waals surface area contributed by atoms with Crippen LogP contribution in [0.15, 0.2) is 10.9 Å². The van der Waals surface area contributed by atoms with Crippen LogP contribution >= 0.6 is 15.9 Å². The van der Waals surface area contributed by atoms with Crippen molar-refractivity contribution in [1.82, 2.24) is 4.98 Å². The van der Waals surface area contributed by atoms with E-state index < -0.39 is 17.7 Å². The molecule has 0 spiro atoms. The van der Waals surface area contributed by atoms with E-state index in [0.29, 0.717) is 0 Å². The fourth-order valence-electron chi connectivity index (χ4n) is 0.976. The molecule has 0 amide bonds. The highest BCUT2D eigenvalue weighted by Crippen LogP contribution is 2.21. The van der Waals surface area contributed by atoms with E-state index in [2.05, 4.69) is 15.9 Å². The van der Waals surface area contributed by atoms with Gasteiger partial charge in [-0.15, -0.1) is 0 Å². The van der Waals surface area contributed by atoms with E-state index in [0.717, 1.165) is 6.07 Å². The van der Waals surface area contributed by atoms with E-state index in [1.807, 2.05) is 4.98 Å². The summed E-state index contributed by atoms with van der Waals surface area (Å²) in [5.74, 6) is 0. The van der Waals surface area contributed by atoms with Gasteiger partial charge in [0.05, 0.1) is 5.69 Å². The average Bonchev–Trinajstić information content (AvgIpc) is 2.17. The van der Waals surface area contributed by atoms with Gasteiger partial charge in [-0.2, -0.15) is 5.26 Å². The molecule has 14 heavy (non-hydrogen) atoms. The van der Waals surface area contributed by atoms with Crippen molar-refractivity contribution in [2.24, 2.45) is 0 Å². The van der Waals surface area contributed by atoms with Crippen molar-refractivity contribution in [2.75, 3.05) is 0 Å². The van der Waals surface area contributed by atoms with Gasteiger partial charge in [0.25, 0.3) is 12.0 Å². The lowest BCUT2D eigenvalue weighted by molar-refractivity contribution is 0.145. The minimum absolute atomic E-state index is 0.163. The number of nitrogens with zero attached hydrogens (tertiary/aromatic N) is 1. The maximum Gasteiger partial charge on any atom is 0.278 e. The molecule has 3 nitrogen and oxygen atoms in total. The summed E-state index contributed by atoms with van der Waals surface area (Å²) in [7, 11) is 0. The third kappa shape index (κ3) is 1.99. The fraction of sp³-hybridized carbons (Fsp3) is 0.250. The molecule has 1 aromatic rings. The summed E-state index contributed by atoms with van der Waals surface area (Å²) >= 11 is 3.00. The van der Waals surface area contributed by atoms with Gasteiger partial charge in [0.2, 0.25) is 0 Å². The summed E-state index contributed by atoms with van der Waals surface area (Å²) in [6, 6.07) is 2.79. The van der Waals surface area contributed by atoms with E-state index in [1.165, 1.54) is 0 Å². The largest absolute Gasteiger partial charge is 0.320 e. The molecular weight excluding hydrogens is 258 g/mol. The van der Waals surface area contributed by atoms with Crippen molar-refractivity contribution in [1.29, 1.82) is 5.26 Å². The molecule has 0 aromatic carbocycles. The van der Waals surface area contributed by atoms with Gasteiger partial charge in [-0.3, -0.25) is 4.79 Å². The minimum atomic E-state index is -2.75. The van der Waals surface area contributed by atoms with Gasteiger partial charge in [-0.05, 0) is 11.6 Å². The normalized spacial score (nSPS) is 10.2. The Hall–Kier alpha value is -1.22. The molecule has 74 valence electrons. The number of pyridine rings is 1. The highest BCUT2D eigenvalue weighted by Gasteiger charge is 2.15. The van der Waals surface area contributed by atoms with Gasteiger partial charge in [0, 0.05) is 5.33 Å². The van der Waals surface area contributed by atoms with Crippen molar-refractivity contribution in [3.63, 3.8) is 0 Å². The summed E-state index contributed by atoms with van der Waals surface area (Å²) in [6.07, 6.45) is -2.75. The Morgan fingerprint density at radius 3 is 2.71 bits per heavy atom. The summed E-state index contributed by atoms with van der Waals surface area (Å²) in [5, 5.41) is 8.66. The number of nitriles is 1. The first kappa shape index (κ1) is 10.9. The molecular formula is C8H5BrF2N2O. The van der Waals surface area contributed by atoms with E-state index in [-0.39, 0.29) is 16.5 Å². The molecule has 0 aliphatic rings. The lowest BCUT2D eigenvalue weighted by Crippen LogP contribution is -2.14. The zero-order chi connectivity index (χ0) is 10.7. The number of H-pyrrole nitrogens is 1. The minimum Gasteiger partial charge on any atom is -0.320 e. The van der Waals surface area contributed by atoms with E-state index in [1.54, 1.807) is 6.07 Å². The zero-order valence-corrected chi connectivity index (χ0v) is 8.44. The molecule has 0 atom stereocenters. The molecule has 1 N–H and O–H groups in total. The topological polar surface area (TPSA) is 56.6 Å². The number of aromatic nitrogens is 1. The van der Waals surface area contributed by atoms with Crippen molar-refractivity contribution in [2.45, 2.75) is 11.8 Å². The lowest BCUT2D eigenvalue weighted by atomic mass is 10.1. The Bertz CT molecular complexity index is 436. The Morgan fingerprint density at radius 1 is 1.64 bits per heavy atom. The summed E-state index contributed by atoms with van der Waals surface area (Å²) < 4.78 is 24.7. The van der Waals surface area contributed by atoms with Gasteiger partial charge >= 0.3 is 0 Å². The molecule has 0 radical (unpaired) electrons. The molecule has 1 heterocycles. The molecule has 0 saturated carbocycles. The predicted molar refractivity (Wildman–Crippen MR) is 49.4 cm³/mol. The average molecular weight is 263 g/mol. The van der Waals surface area contributed by atoms with Crippen molar-refractivity contribution in [3.8, 4) is 6.07 Å². The van der Waals surface area contributed by atoms with Crippen LogP contribution in [0.1, 0.15) is 23.2 Å². The second kappa shape index (κ2) is 4.33. The van der Waals surface area contributed by atoms with Crippen LogP contribution in [-0.2, 0) is 5.33 Å². The molecule has 1 rings (SSSR count). The van der Waals surface area contributed by atoms with Crippen LogP contribution < -0.4 is 5.56 Å². The van der Waals surface area contributed by atoms with E-state index in [4.69, 9.17) is 5.26 Å². The third-order valence-electron chi connectivity index (χ3n) is 1.64. The van der Waals surface area contributed by atoms with Crippen LogP contribution in [0.5, 0.6) is 0 Å². The Balaban J connectivity index is 3.41. The Kier molecular flexibility index (Phi) is 3.36. The highest BCUT2D eigenvalue weighted by molar-refractivity contribution is 9.08. The third-order valence-corrected chi connectivity index (χ3v) is 2.24. The lowest BCUT2D eigenvalue weighted by Gasteiger charge is -2.05. The van der Waals surface area contributed by atoms with Gasteiger partial charge in [-0.1, -0.05) is 15.9 Å². The van der Waals surface area contributed by atoms with Crippen LogP contribution in [0.2, 0.25) is 0 Å². The summed E-state index contributed by atoms with van der Waals surface area (Å²) in [6.45, 7) is 0. The number of hydrogen-bond donors (Lipinski definition) is 1. The Labute approximate surface area is 86.5 Å². The second-order valence-corrected chi connectivity index (χ2v) is 3.06. The molecule has 0 aliphatic carbocycles. The van der Waals surface area contributed by atoms with Crippen molar-refractivity contribution < 1.29 is 8.78 Å². The van der Waals surface area contributed by atoms with Crippen LogP contribution in [0, 0.1) is 11.3 Å². The number of alkyl halides is 3. The predicted octanol–water partition coefficient (Wildman–Crippen LogP) is 2.08. The van der Waals surface area contributed by atoms with Crippen LogP contribution in [0.3, 0.4) is 0 Å². The first-order chi connectivity index (χ1) is 6.60. The van der Waals surface area contributed by atoms with Crippen molar-refractivity contribution >= 4 is 15.9 Å².